The summed E-state index contributed by atoms with van der Waals surface area (Å²) in [4.78, 5) is 10.8. The van der Waals surface area contributed by atoms with Gasteiger partial charge in [-0.3, -0.25) is 4.79 Å². The van der Waals surface area contributed by atoms with Gasteiger partial charge in [0.25, 0.3) is 0 Å². The van der Waals surface area contributed by atoms with Gasteiger partial charge in [-0.1, -0.05) is 0 Å². The first-order valence-corrected chi connectivity index (χ1v) is 3.52. The third kappa shape index (κ3) is 1.79. The van der Waals surface area contributed by atoms with E-state index < -0.39 is 0 Å². The highest BCUT2D eigenvalue weighted by molar-refractivity contribution is 5.79. The van der Waals surface area contributed by atoms with E-state index in [1.165, 1.54) is 6.42 Å². The first kappa shape index (κ1) is 6.75. The molecule has 0 spiro atoms. The number of Topliss-reactive ketones (excluding diaryl/α,β-unsaturated/α-hetero) is 1. The fourth-order valence-electron chi connectivity index (χ4n) is 1.27. The molecule has 0 heterocycles. The van der Waals surface area contributed by atoms with Crippen LogP contribution in [0.5, 0.6) is 0 Å². The molecule has 0 unspecified atom stereocenters. The lowest BCUT2D eigenvalue weighted by molar-refractivity contribution is -0.120. The smallest absolute Gasteiger partial charge is 0.134 e. The number of rotatable bonds is 1. The minimum Gasteiger partial charge on any atom is -0.317 e. The van der Waals surface area contributed by atoms with Crippen LogP contribution >= 0.6 is 0 Å². The number of carbonyl (C=O) groups is 1. The topological polar surface area (TPSA) is 29.1 Å². The monoisotopic (exact) mass is 127 g/mol. The van der Waals surface area contributed by atoms with Crippen molar-refractivity contribution >= 4 is 5.78 Å². The Kier molecular flexibility index (Phi) is 2.22. The van der Waals surface area contributed by atoms with E-state index in [0.717, 1.165) is 19.3 Å². The maximum atomic E-state index is 10.8. The van der Waals surface area contributed by atoms with E-state index in [1.807, 2.05) is 7.05 Å². The summed E-state index contributed by atoms with van der Waals surface area (Å²) in [5.74, 6) is 0.417. The summed E-state index contributed by atoms with van der Waals surface area (Å²) in [5.41, 5.74) is 0. The predicted molar refractivity (Wildman–Crippen MR) is 36.3 cm³/mol. The summed E-state index contributed by atoms with van der Waals surface area (Å²) >= 11 is 0. The fraction of sp³-hybridized carbons (Fsp3) is 0.857. The van der Waals surface area contributed by atoms with Crippen molar-refractivity contribution in [2.75, 3.05) is 7.05 Å². The van der Waals surface area contributed by atoms with Crippen LogP contribution in [0.1, 0.15) is 25.7 Å². The van der Waals surface area contributed by atoms with Crippen molar-refractivity contribution in [3.63, 3.8) is 0 Å². The van der Waals surface area contributed by atoms with E-state index in [-0.39, 0.29) is 0 Å². The molecule has 52 valence electrons. The van der Waals surface area contributed by atoms with Crippen LogP contribution in [0.4, 0.5) is 0 Å². The van der Waals surface area contributed by atoms with Crippen LogP contribution in [-0.4, -0.2) is 18.9 Å². The SMILES string of the molecule is CN[C@H]1CCCC(=O)C1. The molecule has 2 heteroatoms. The molecule has 0 saturated heterocycles. The van der Waals surface area contributed by atoms with Crippen molar-refractivity contribution < 1.29 is 4.79 Å². The Bertz CT molecular complexity index is 111. The second-order valence-corrected chi connectivity index (χ2v) is 2.62. The summed E-state index contributed by atoms with van der Waals surface area (Å²) < 4.78 is 0. The Balaban J connectivity index is 2.32. The maximum Gasteiger partial charge on any atom is 0.134 e. The van der Waals surface area contributed by atoms with Gasteiger partial charge in [0, 0.05) is 18.9 Å². The molecule has 0 aromatic heterocycles. The lowest BCUT2D eigenvalue weighted by atomic mass is 9.95. The number of nitrogens with one attached hydrogen (secondary N) is 1. The molecule has 9 heavy (non-hydrogen) atoms. The second-order valence-electron chi connectivity index (χ2n) is 2.62. The highest BCUT2D eigenvalue weighted by Crippen LogP contribution is 2.13. The van der Waals surface area contributed by atoms with Gasteiger partial charge in [-0.15, -0.1) is 0 Å². The zero-order valence-electron chi connectivity index (χ0n) is 5.81. The molecule has 1 N–H and O–H groups in total. The number of carbonyl (C=O) groups excluding carboxylic acids is 1. The number of ketones is 1. The van der Waals surface area contributed by atoms with Crippen molar-refractivity contribution in [2.45, 2.75) is 31.7 Å². The maximum absolute atomic E-state index is 10.8. The lowest BCUT2D eigenvalue weighted by Gasteiger charge is -2.19. The molecule has 0 bridgehead atoms. The number of hydrogen-bond acceptors (Lipinski definition) is 2. The van der Waals surface area contributed by atoms with E-state index in [0.29, 0.717) is 11.8 Å². The standard InChI is InChI=1S/C7H13NO/c1-8-6-3-2-4-7(9)5-6/h6,8H,2-5H2,1H3/t6-/m0/s1. The fourth-order valence-corrected chi connectivity index (χ4v) is 1.27. The van der Waals surface area contributed by atoms with Gasteiger partial charge in [0.05, 0.1) is 0 Å². The van der Waals surface area contributed by atoms with Crippen LogP contribution < -0.4 is 5.32 Å². The van der Waals surface area contributed by atoms with Crippen LogP contribution in [0.2, 0.25) is 0 Å². The van der Waals surface area contributed by atoms with Crippen molar-refractivity contribution in [3.8, 4) is 0 Å². The van der Waals surface area contributed by atoms with Gasteiger partial charge in [0.15, 0.2) is 0 Å². The summed E-state index contributed by atoms with van der Waals surface area (Å²) in [6, 6.07) is 0.464. The van der Waals surface area contributed by atoms with Gasteiger partial charge in [-0.2, -0.15) is 0 Å². The van der Waals surface area contributed by atoms with E-state index >= 15 is 0 Å². The molecule has 1 rings (SSSR count). The average Bonchev–Trinajstić information content (AvgIpc) is 1.88. The van der Waals surface area contributed by atoms with Gasteiger partial charge < -0.3 is 5.32 Å². The molecule has 1 aliphatic carbocycles. The summed E-state index contributed by atoms with van der Waals surface area (Å²) in [6.45, 7) is 0. The van der Waals surface area contributed by atoms with Crippen LogP contribution in [0.25, 0.3) is 0 Å². The molecule has 2 nitrogen and oxygen atoms in total. The van der Waals surface area contributed by atoms with Crippen molar-refractivity contribution in [1.82, 2.24) is 5.32 Å². The third-order valence-corrected chi connectivity index (χ3v) is 1.89. The van der Waals surface area contributed by atoms with Gasteiger partial charge in [0.2, 0.25) is 0 Å². The second kappa shape index (κ2) is 2.97. The Morgan fingerprint density at radius 1 is 1.67 bits per heavy atom. The average molecular weight is 127 g/mol. The minimum atomic E-state index is 0.417. The lowest BCUT2D eigenvalue weighted by Crippen LogP contribution is -2.31. The molecule has 0 aliphatic heterocycles. The Morgan fingerprint density at radius 2 is 2.44 bits per heavy atom. The highest BCUT2D eigenvalue weighted by atomic mass is 16.1. The molecule has 0 amide bonds. The van der Waals surface area contributed by atoms with Crippen LogP contribution in [-0.2, 0) is 4.79 Å². The van der Waals surface area contributed by atoms with E-state index in [4.69, 9.17) is 0 Å². The normalized spacial score (nSPS) is 28.6. The van der Waals surface area contributed by atoms with Gasteiger partial charge in [-0.25, -0.2) is 0 Å². The molecule has 1 aliphatic rings. The molecular weight excluding hydrogens is 114 g/mol. The largest absolute Gasteiger partial charge is 0.317 e. The Labute approximate surface area is 55.6 Å². The molecule has 1 atom stereocenters. The first-order chi connectivity index (χ1) is 4.33. The predicted octanol–water partition coefficient (Wildman–Crippen LogP) is 0.718. The van der Waals surface area contributed by atoms with E-state index in [9.17, 15) is 4.79 Å². The molecule has 0 radical (unpaired) electrons. The van der Waals surface area contributed by atoms with E-state index in [2.05, 4.69) is 5.32 Å². The Morgan fingerprint density at radius 3 is 2.89 bits per heavy atom. The van der Waals surface area contributed by atoms with Crippen LogP contribution in [0.15, 0.2) is 0 Å². The minimum absolute atomic E-state index is 0.417. The van der Waals surface area contributed by atoms with Crippen molar-refractivity contribution in [3.05, 3.63) is 0 Å². The zero-order valence-corrected chi connectivity index (χ0v) is 5.81. The van der Waals surface area contributed by atoms with Gasteiger partial charge in [-0.05, 0) is 19.9 Å². The quantitative estimate of drug-likeness (QED) is 0.562. The van der Waals surface area contributed by atoms with Crippen LogP contribution in [0, 0.1) is 0 Å². The molecule has 0 aromatic rings. The molecule has 0 aromatic carbocycles. The molecule has 1 saturated carbocycles. The third-order valence-electron chi connectivity index (χ3n) is 1.89. The summed E-state index contributed by atoms with van der Waals surface area (Å²) in [6.07, 6.45) is 3.79. The van der Waals surface area contributed by atoms with Crippen LogP contribution in [0.3, 0.4) is 0 Å². The zero-order chi connectivity index (χ0) is 6.69. The summed E-state index contributed by atoms with van der Waals surface area (Å²) in [5, 5.41) is 3.11. The summed E-state index contributed by atoms with van der Waals surface area (Å²) in [7, 11) is 1.92. The van der Waals surface area contributed by atoms with Gasteiger partial charge in [0.1, 0.15) is 5.78 Å². The number of hydrogen-bond donors (Lipinski definition) is 1. The van der Waals surface area contributed by atoms with Crippen molar-refractivity contribution in [2.24, 2.45) is 0 Å². The highest BCUT2D eigenvalue weighted by Gasteiger charge is 2.16. The molecule has 1 fully saturated rings. The Hall–Kier alpha value is -0.370. The molecular formula is C7H13NO. The van der Waals surface area contributed by atoms with E-state index in [1.54, 1.807) is 0 Å². The van der Waals surface area contributed by atoms with Gasteiger partial charge >= 0.3 is 0 Å². The first-order valence-electron chi connectivity index (χ1n) is 3.52. The van der Waals surface area contributed by atoms with Crippen molar-refractivity contribution in [1.29, 1.82) is 0 Å².